The average molecular weight is 216 g/mol. The average Bonchev–Trinajstić information content (AvgIpc) is 2.51. The number of halogens is 1. The fraction of sp³-hybridized carbons (Fsp3) is 0.600. The summed E-state index contributed by atoms with van der Waals surface area (Å²) >= 11 is 5.66. The van der Waals surface area contributed by atoms with Crippen LogP contribution in [0.4, 0.5) is 0 Å². The van der Waals surface area contributed by atoms with Crippen molar-refractivity contribution < 1.29 is 9.52 Å². The van der Waals surface area contributed by atoms with E-state index in [0.717, 1.165) is 25.1 Å². The predicted octanol–water partition coefficient (Wildman–Crippen LogP) is 1.59. The van der Waals surface area contributed by atoms with Crippen LogP contribution in [0.25, 0.3) is 0 Å². The van der Waals surface area contributed by atoms with Crippen molar-refractivity contribution in [3.63, 3.8) is 0 Å². The normalized spacial score (nSPS) is 27.9. The minimum absolute atomic E-state index is 0.382. The van der Waals surface area contributed by atoms with E-state index in [1.165, 1.54) is 0 Å². The molecule has 0 bridgehead atoms. The monoisotopic (exact) mass is 215 g/mol. The van der Waals surface area contributed by atoms with Crippen molar-refractivity contribution >= 4 is 11.6 Å². The molecule has 2 heterocycles. The molecule has 1 aliphatic rings. The molecule has 4 heteroatoms. The maximum absolute atomic E-state index is 10.2. The fourth-order valence-corrected chi connectivity index (χ4v) is 2.04. The summed E-state index contributed by atoms with van der Waals surface area (Å²) in [5.41, 5.74) is -0.667. The third-order valence-electron chi connectivity index (χ3n) is 2.58. The molecule has 2 N–H and O–H groups in total. The standard InChI is InChI=1S/C10H14ClNO2/c11-9-3-2-8(14-9)6-10(13)4-1-5-12-7-10/h2-3,12-13H,1,4-7H2. The van der Waals surface area contributed by atoms with Crippen molar-refractivity contribution in [2.24, 2.45) is 0 Å². The zero-order valence-electron chi connectivity index (χ0n) is 7.92. The van der Waals surface area contributed by atoms with Crippen LogP contribution in [0.5, 0.6) is 0 Å². The molecule has 1 aromatic rings. The van der Waals surface area contributed by atoms with E-state index in [4.69, 9.17) is 16.0 Å². The summed E-state index contributed by atoms with van der Waals surface area (Å²) in [4.78, 5) is 0. The number of piperidine rings is 1. The summed E-state index contributed by atoms with van der Waals surface area (Å²) in [5, 5.41) is 13.7. The lowest BCUT2D eigenvalue weighted by molar-refractivity contribution is 0.0127. The zero-order valence-corrected chi connectivity index (χ0v) is 8.68. The predicted molar refractivity (Wildman–Crippen MR) is 54.5 cm³/mol. The van der Waals surface area contributed by atoms with Gasteiger partial charge in [-0.1, -0.05) is 0 Å². The van der Waals surface area contributed by atoms with Crippen molar-refractivity contribution in [1.82, 2.24) is 5.32 Å². The molecule has 1 aromatic heterocycles. The number of hydrogen-bond donors (Lipinski definition) is 2. The fourth-order valence-electron chi connectivity index (χ4n) is 1.87. The maximum atomic E-state index is 10.2. The number of aliphatic hydroxyl groups is 1. The quantitative estimate of drug-likeness (QED) is 0.788. The molecule has 2 rings (SSSR count). The van der Waals surface area contributed by atoms with Gasteiger partial charge in [-0.15, -0.1) is 0 Å². The molecule has 1 atom stereocenters. The number of β-amino-alcohol motifs (C(OH)–C–C–N with tert-alkyl or cyclic N) is 1. The minimum atomic E-state index is -0.667. The number of nitrogens with one attached hydrogen (secondary N) is 1. The van der Waals surface area contributed by atoms with Gasteiger partial charge in [0, 0.05) is 13.0 Å². The van der Waals surface area contributed by atoms with Crippen LogP contribution in [-0.4, -0.2) is 23.8 Å². The molecule has 0 aliphatic carbocycles. The number of hydrogen-bond acceptors (Lipinski definition) is 3. The van der Waals surface area contributed by atoms with E-state index >= 15 is 0 Å². The van der Waals surface area contributed by atoms with Crippen molar-refractivity contribution in [1.29, 1.82) is 0 Å². The first-order chi connectivity index (χ1) is 6.68. The van der Waals surface area contributed by atoms with Crippen LogP contribution in [-0.2, 0) is 6.42 Å². The molecular weight excluding hydrogens is 202 g/mol. The highest BCUT2D eigenvalue weighted by atomic mass is 35.5. The van der Waals surface area contributed by atoms with Gasteiger partial charge < -0.3 is 14.8 Å². The summed E-state index contributed by atoms with van der Waals surface area (Å²) in [7, 11) is 0. The Labute approximate surface area is 88.1 Å². The Hall–Kier alpha value is -0.510. The van der Waals surface area contributed by atoms with Gasteiger partial charge in [-0.05, 0) is 43.1 Å². The molecule has 3 nitrogen and oxygen atoms in total. The Bertz CT molecular complexity index is 305. The van der Waals surface area contributed by atoms with E-state index in [9.17, 15) is 5.11 Å². The first kappa shape index (κ1) is 10.0. The van der Waals surface area contributed by atoms with Gasteiger partial charge in [0.2, 0.25) is 0 Å². The zero-order chi connectivity index (χ0) is 10.0. The van der Waals surface area contributed by atoms with Crippen LogP contribution < -0.4 is 5.32 Å². The Morgan fingerprint density at radius 2 is 2.43 bits per heavy atom. The molecule has 0 aromatic carbocycles. The summed E-state index contributed by atoms with van der Waals surface area (Å²) in [6.45, 7) is 1.62. The van der Waals surface area contributed by atoms with Gasteiger partial charge in [0.05, 0.1) is 5.60 Å². The molecule has 0 spiro atoms. The largest absolute Gasteiger partial charge is 0.450 e. The molecule has 14 heavy (non-hydrogen) atoms. The number of rotatable bonds is 2. The summed E-state index contributed by atoms with van der Waals surface area (Å²) in [6.07, 6.45) is 2.36. The molecule has 1 fully saturated rings. The van der Waals surface area contributed by atoms with Gasteiger partial charge in [0.1, 0.15) is 5.76 Å². The lowest BCUT2D eigenvalue weighted by atomic mass is 9.90. The summed E-state index contributed by atoms with van der Waals surface area (Å²) in [5.74, 6) is 0.751. The number of furan rings is 1. The van der Waals surface area contributed by atoms with Gasteiger partial charge in [-0.25, -0.2) is 0 Å². The van der Waals surface area contributed by atoms with Crippen LogP contribution in [0.3, 0.4) is 0 Å². The van der Waals surface area contributed by atoms with E-state index in [1.807, 2.05) is 6.07 Å². The Kier molecular flexibility index (Phi) is 2.81. The van der Waals surface area contributed by atoms with Gasteiger partial charge in [-0.2, -0.15) is 0 Å². The molecule has 0 radical (unpaired) electrons. The van der Waals surface area contributed by atoms with Crippen LogP contribution in [0.15, 0.2) is 16.5 Å². The van der Waals surface area contributed by atoms with Crippen molar-refractivity contribution in [3.8, 4) is 0 Å². The summed E-state index contributed by atoms with van der Waals surface area (Å²) < 4.78 is 5.23. The van der Waals surface area contributed by atoms with Crippen LogP contribution in [0.2, 0.25) is 5.22 Å². The molecular formula is C10H14ClNO2. The highest BCUT2D eigenvalue weighted by Gasteiger charge is 2.30. The van der Waals surface area contributed by atoms with Crippen molar-refractivity contribution in [2.45, 2.75) is 24.9 Å². The van der Waals surface area contributed by atoms with Gasteiger partial charge in [0.15, 0.2) is 5.22 Å². The topological polar surface area (TPSA) is 45.4 Å². The van der Waals surface area contributed by atoms with Gasteiger partial charge in [-0.3, -0.25) is 0 Å². The highest BCUT2D eigenvalue weighted by molar-refractivity contribution is 6.28. The van der Waals surface area contributed by atoms with Crippen molar-refractivity contribution in [2.75, 3.05) is 13.1 Å². The van der Waals surface area contributed by atoms with E-state index < -0.39 is 5.60 Å². The molecule has 1 unspecified atom stereocenters. The molecule has 1 aliphatic heterocycles. The van der Waals surface area contributed by atoms with E-state index in [1.54, 1.807) is 6.07 Å². The minimum Gasteiger partial charge on any atom is -0.450 e. The third-order valence-corrected chi connectivity index (χ3v) is 2.79. The van der Waals surface area contributed by atoms with Gasteiger partial charge in [0.25, 0.3) is 0 Å². The maximum Gasteiger partial charge on any atom is 0.193 e. The van der Waals surface area contributed by atoms with Crippen LogP contribution in [0, 0.1) is 0 Å². The Morgan fingerprint density at radius 3 is 3.00 bits per heavy atom. The van der Waals surface area contributed by atoms with Crippen LogP contribution in [0.1, 0.15) is 18.6 Å². The van der Waals surface area contributed by atoms with E-state index in [-0.39, 0.29) is 0 Å². The van der Waals surface area contributed by atoms with Crippen molar-refractivity contribution in [3.05, 3.63) is 23.1 Å². The smallest absolute Gasteiger partial charge is 0.193 e. The van der Waals surface area contributed by atoms with Gasteiger partial charge >= 0.3 is 0 Å². The van der Waals surface area contributed by atoms with E-state index in [2.05, 4.69) is 5.32 Å². The molecule has 0 amide bonds. The Morgan fingerprint density at radius 1 is 1.57 bits per heavy atom. The first-order valence-corrected chi connectivity index (χ1v) is 5.23. The van der Waals surface area contributed by atoms with Crippen LogP contribution >= 0.6 is 11.6 Å². The molecule has 0 saturated carbocycles. The molecule has 1 saturated heterocycles. The first-order valence-electron chi connectivity index (χ1n) is 4.85. The summed E-state index contributed by atoms with van der Waals surface area (Å²) in [6, 6.07) is 3.52. The lowest BCUT2D eigenvalue weighted by Gasteiger charge is -2.31. The highest BCUT2D eigenvalue weighted by Crippen LogP contribution is 2.23. The SMILES string of the molecule is OC1(Cc2ccc(Cl)o2)CCCNC1. The molecule has 78 valence electrons. The second-order valence-electron chi connectivity index (χ2n) is 3.89. The lowest BCUT2D eigenvalue weighted by Crippen LogP contribution is -2.47. The second kappa shape index (κ2) is 3.93. The third kappa shape index (κ3) is 2.29. The second-order valence-corrected chi connectivity index (χ2v) is 4.26. The van der Waals surface area contributed by atoms with E-state index in [0.29, 0.717) is 18.2 Å². The Balaban J connectivity index is 2.01.